The quantitative estimate of drug-likeness (QED) is 0.387. The molecule has 4 heterocycles. The fraction of sp³-hybridized carbons (Fsp3) is 0.556. The first-order valence-electron chi connectivity index (χ1n) is 13.5. The highest BCUT2D eigenvalue weighted by Gasteiger charge is 2.35. The van der Waals surface area contributed by atoms with Gasteiger partial charge in [-0.25, -0.2) is 23.1 Å². The second-order valence-corrected chi connectivity index (χ2v) is 10.7. The molecule has 2 aromatic heterocycles. The van der Waals surface area contributed by atoms with Gasteiger partial charge in [0.05, 0.1) is 24.6 Å². The van der Waals surface area contributed by atoms with Crippen LogP contribution in [-0.2, 0) is 11.3 Å². The van der Waals surface area contributed by atoms with Gasteiger partial charge in [0.2, 0.25) is 5.95 Å². The van der Waals surface area contributed by atoms with E-state index in [9.17, 15) is 13.2 Å². The lowest BCUT2D eigenvalue weighted by Gasteiger charge is -2.33. The number of benzene rings is 1. The van der Waals surface area contributed by atoms with E-state index in [4.69, 9.17) is 19.7 Å². The highest BCUT2D eigenvalue weighted by molar-refractivity contribution is 5.39. The molecule has 3 aromatic rings. The Hall–Kier alpha value is -3.45. The van der Waals surface area contributed by atoms with Crippen LogP contribution in [-0.4, -0.2) is 64.5 Å². The predicted octanol–water partition coefficient (Wildman–Crippen LogP) is 3.82. The van der Waals surface area contributed by atoms with Crippen LogP contribution in [0.25, 0.3) is 0 Å². The van der Waals surface area contributed by atoms with Crippen molar-refractivity contribution in [2.45, 2.75) is 64.4 Å². The standard InChI is InChI=1S/C27H34F3N7O3/c1-15(2)38-14-25-34-27(40-35-25)36-6-4-17(5-7-36)16(3)39-18-10-32-26(33-11-18)37-12-20(24(31)13-37)19-8-22(29)23(30)9-21(19)28/h8-11,15-17,20,24H,4-7,12-14,31H2,1-3H3/t16-,20+,24-/m0/s1. The van der Waals surface area contributed by atoms with Crippen molar-refractivity contribution in [3.8, 4) is 5.75 Å². The van der Waals surface area contributed by atoms with Crippen molar-refractivity contribution in [3.05, 3.63) is 53.4 Å². The molecule has 2 aliphatic rings. The zero-order chi connectivity index (χ0) is 28.4. The monoisotopic (exact) mass is 561 g/mol. The maximum absolute atomic E-state index is 14.3. The Kier molecular flexibility index (Phi) is 8.40. The molecule has 216 valence electrons. The zero-order valence-electron chi connectivity index (χ0n) is 22.8. The number of hydrogen-bond acceptors (Lipinski definition) is 10. The lowest BCUT2D eigenvalue weighted by molar-refractivity contribution is 0.0601. The normalized spacial score (nSPS) is 20.9. The molecular weight excluding hydrogens is 527 g/mol. The average molecular weight is 562 g/mol. The van der Waals surface area contributed by atoms with Gasteiger partial charge in [-0.05, 0) is 51.2 Å². The van der Waals surface area contributed by atoms with Gasteiger partial charge in [0, 0.05) is 44.2 Å². The molecule has 0 bridgehead atoms. The largest absolute Gasteiger partial charge is 0.487 e. The number of rotatable bonds is 9. The Morgan fingerprint density at radius 1 is 1.00 bits per heavy atom. The summed E-state index contributed by atoms with van der Waals surface area (Å²) in [5.74, 6) is -1.85. The van der Waals surface area contributed by atoms with Gasteiger partial charge in [-0.3, -0.25) is 0 Å². The van der Waals surface area contributed by atoms with Crippen LogP contribution in [0.2, 0.25) is 0 Å². The molecule has 0 spiro atoms. The highest BCUT2D eigenvalue weighted by Crippen LogP contribution is 2.32. The van der Waals surface area contributed by atoms with Crippen LogP contribution in [0.3, 0.4) is 0 Å². The van der Waals surface area contributed by atoms with E-state index < -0.39 is 29.4 Å². The van der Waals surface area contributed by atoms with Crippen molar-refractivity contribution >= 4 is 12.0 Å². The summed E-state index contributed by atoms with van der Waals surface area (Å²) < 4.78 is 58.5. The van der Waals surface area contributed by atoms with Crippen molar-refractivity contribution in [2.24, 2.45) is 11.7 Å². The lowest BCUT2D eigenvalue weighted by atomic mass is 9.92. The molecule has 0 radical (unpaired) electrons. The first-order valence-corrected chi connectivity index (χ1v) is 13.5. The fourth-order valence-electron chi connectivity index (χ4n) is 5.22. The van der Waals surface area contributed by atoms with Crippen LogP contribution in [0.5, 0.6) is 5.75 Å². The maximum Gasteiger partial charge on any atom is 0.324 e. The van der Waals surface area contributed by atoms with Gasteiger partial charge < -0.3 is 29.5 Å². The molecule has 2 aliphatic heterocycles. The van der Waals surface area contributed by atoms with Crippen LogP contribution >= 0.6 is 0 Å². The molecule has 0 saturated carbocycles. The third kappa shape index (κ3) is 6.30. The molecule has 3 atom stereocenters. The second kappa shape index (κ2) is 12.0. The maximum atomic E-state index is 14.3. The minimum atomic E-state index is -1.23. The Morgan fingerprint density at radius 2 is 1.70 bits per heavy atom. The van der Waals surface area contributed by atoms with Gasteiger partial charge in [-0.2, -0.15) is 4.98 Å². The molecule has 2 saturated heterocycles. The molecule has 10 nitrogen and oxygen atoms in total. The van der Waals surface area contributed by atoms with Gasteiger partial charge in [0.25, 0.3) is 0 Å². The van der Waals surface area contributed by atoms with Crippen molar-refractivity contribution in [1.29, 1.82) is 0 Å². The third-order valence-electron chi connectivity index (χ3n) is 7.50. The predicted molar refractivity (Wildman–Crippen MR) is 141 cm³/mol. The van der Waals surface area contributed by atoms with Crippen molar-refractivity contribution in [2.75, 3.05) is 36.0 Å². The Bertz CT molecular complexity index is 1280. The molecule has 2 fully saturated rings. The SMILES string of the molecule is CC(C)OCc1noc(N2CCC([C@H](C)Oc3cnc(N4C[C@H](c5cc(F)c(F)cc5F)[C@@H](N)C4)nc3)CC2)n1. The minimum absolute atomic E-state index is 0.0494. The van der Waals surface area contributed by atoms with E-state index in [2.05, 4.69) is 25.0 Å². The Morgan fingerprint density at radius 3 is 2.40 bits per heavy atom. The number of aromatic nitrogens is 4. The summed E-state index contributed by atoms with van der Waals surface area (Å²) in [6, 6.07) is 1.45. The summed E-state index contributed by atoms with van der Waals surface area (Å²) in [7, 11) is 0. The summed E-state index contributed by atoms with van der Waals surface area (Å²) >= 11 is 0. The van der Waals surface area contributed by atoms with E-state index >= 15 is 0 Å². The van der Waals surface area contributed by atoms with Crippen LogP contribution in [0.15, 0.2) is 29.0 Å². The average Bonchev–Trinajstić information content (AvgIpc) is 3.57. The lowest BCUT2D eigenvalue weighted by Crippen LogP contribution is -2.38. The number of halogens is 3. The molecular formula is C27H34F3N7O3. The van der Waals surface area contributed by atoms with Crippen LogP contribution < -0.4 is 20.3 Å². The van der Waals surface area contributed by atoms with Gasteiger partial charge in [0.15, 0.2) is 23.2 Å². The van der Waals surface area contributed by atoms with Gasteiger partial charge in [0.1, 0.15) is 12.4 Å². The molecule has 1 aromatic carbocycles. The van der Waals surface area contributed by atoms with E-state index in [0.29, 0.717) is 48.7 Å². The Balaban J connectivity index is 1.12. The van der Waals surface area contributed by atoms with E-state index in [0.717, 1.165) is 32.0 Å². The second-order valence-electron chi connectivity index (χ2n) is 10.7. The minimum Gasteiger partial charge on any atom is -0.487 e. The first kappa shape index (κ1) is 28.1. The molecule has 0 aliphatic carbocycles. The van der Waals surface area contributed by atoms with E-state index in [1.807, 2.05) is 20.8 Å². The number of hydrogen-bond donors (Lipinski definition) is 1. The molecule has 5 rings (SSSR count). The number of nitrogens with two attached hydrogens (primary N) is 1. The van der Waals surface area contributed by atoms with Crippen molar-refractivity contribution < 1.29 is 27.2 Å². The van der Waals surface area contributed by atoms with E-state index in [1.54, 1.807) is 17.3 Å². The first-order chi connectivity index (χ1) is 19.2. The Labute approximate surface area is 230 Å². The smallest absolute Gasteiger partial charge is 0.324 e. The van der Waals surface area contributed by atoms with E-state index in [-0.39, 0.29) is 24.3 Å². The summed E-state index contributed by atoms with van der Waals surface area (Å²) in [5.41, 5.74) is 6.27. The zero-order valence-corrected chi connectivity index (χ0v) is 22.8. The summed E-state index contributed by atoms with van der Waals surface area (Å²) in [5, 5.41) is 4.00. The number of ether oxygens (including phenoxy) is 2. The molecule has 0 amide bonds. The van der Waals surface area contributed by atoms with Gasteiger partial charge >= 0.3 is 6.01 Å². The van der Waals surface area contributed by atoms with Crippen LogP contribution in [0, 0.1) is 23.4 Å². The number of anilines is 2. The number of nitrogens with zero attached hydrogens (tertiary/aromatic N) is 6. The van der Waals surface area contributed by atoms with Crippen molar-refractivity contribution in [3.63, 3.8) is 0 Å². The summed E-state index contributed by atoms with van der Waals surface area (Å²) in [6.07, 6.45) is 5.03. The van der Waals surface area contributed by atoms with Crippen LogP contribution in [0.4, 0.5) is 25.1 Å². The van der Waals surface area contributed by atoms with Gasteiger partial charge in [-0.15, -0.1) is 0 Å². The molecule has 13 heteroatoms. The molecule has 2 N–H and O–H groups in total. The summed E-state index contributed by atoms with van der Waals surface area (Å²) in [4.78, 5) is 17.1. The number of piperidine rings is 1. The third-order valence-corrected chi connectivity index (χ3v) is 7.50. The van der Waals surface area contributed by atoms with Gasteiger partial charge in [-0.1, -0.05) is 5.16 Å². The topological polar surface area (TPSA) is 116 Å². The molecule has 0 unspecified atom stereocenters. The summed E-state index contributed by atoms with van der Waals surface area (Å²) in [6.45, 7) is 8.45. The fourth-order valence-corrected chi connectivity index (χ4v) is 5.22. The highest BCUT2D eigenvalue weighted by atomic mass is 19.2. The molecule has 40 heavy (non-hydrogen) atoms. The van der Waals surface area contributed by atoms with Crippen LogP contribution in [0.1, 0.15) is 50.9 Å². The van der Waals surface area contributed by atoms with E-state index in [1.165, 1.54) is 0 Å². The van der Waals surface area contributed by atoms with Crippen molar-refractivity contribution in [1.82, 2.24) is 20.1 Å².